The van der Waals surface area contributed by atoms with Gasteiger partial charge in [-0.2, -0.15) is 0 Å². The minimum Gasteiger partial charge on any atom is -0.297 e. The molecule has 0 aliphatic carbocycles. The quantitative estimate of drug-likeness (QED) is 0.357. The maximum atomic E-state index is 3.43. The van der Waals surface area contributed by atoms with Crippen LogP contribution in [0, 0.1) is 16.9 Å². The second kappa shape index (κ2) is 3.15. The van der Waals surface area contributed by atoms with E-state index in [9.17, 15) is 0 Å². The molecule has 0 aromatic rings. The van der Waals surface area contributed by atoms with E-state index in [1.165, 1.54) is 0 Å². The summed E-state index contributed by atoms with van der Waals surface area (Å²) >= 11 is 0. The second-order valence-electron chi connectivity index (χ2n) is 6.01. The fraction of sp³-hybridized carbons (Fsp3) is 0.818. The van der Waals surface area contributed by atoms with Gasteiger partial charge in [-0.1, -0.05) is 46.3 Å². The van der Waals surface area contributed by atoms with Crippen molar-refractivity contribution in [2.24, 2.45) is 5.41 Å². The highest BCUT2D eigenvalue weighted by Gasteiger charge is 2.43. The molecular weight excluding hydrogens is 174 g/mol. The highest BCUT2D eigenvalue weighted by atomic mass is 28.3. The second-order valence-corrected chi connectivity index (χ2v) is 10.8. The lowest BCUT2D eigenvalue weighted by Crippen LogP contribution is -2.18. The molecule has 1 aliphatic rings. The summed E-state index contributed by atoms with van der Waals surface area (Å²) < 4.78 is 0. The molecule has 1 saturated heterocycles. The molecule has 0 aromatic carbocycles. The fourth-order valence-electron chi connectivity index (χ4n) is 1.31. The van der Waals surface area contributed by atoms with Crippen LogP contribution in [-0.2, 0) is 0 Å². The van der Waals surface area contributed by atoms with Crippen molar-refractivity contribution >= 4 is 8.07 Å². The summed E-state index contributed by atoms with van der Waals surface area (Å²) in [4.78, 5) is 0. The van der Waals surface area contributed by atoms with Crippen molar-refractivity contribution in [3.63, 3.8) is 0 Å². The first-order chi connectivity index (χ1) is 5.70. The number of hydrogen-bond acceptors (Lipinski definition) is 1. The maximum Gasteiger partial charge on any atom is 0.129 e. The standard InChI is InChI=1S/C11H21NSi/c1-11(2,3)10-9(12-10)7-8-13(4,5)6/h9-10,12H,1-6H3/t9-,10+/m1/s1. The van der Waals surface area contributed by atoms with Crippen LogP contribution < -0.4 is 5.32 Å². The molecule has 1 aliphatic heterocycles. The summed E-state index contributed by atoms with van der Waals surface area (Å²) in [6.07, 6.45) is 0. The van der Waals surface area contributed by atoms with Crippen LogP contribution in [0.1, 0.15) is 20.8 Å². The van der Waals surface area contributed by atoms with Crippen molar-refractivity contribution < 1.29 is 0 Å². The molecule has 0 saturated carbocycles. The van der Waals surface area contributed by atoms with Crippen molar-refractivity contribution in [3.8, 4) is 11.5 Å². The Hall–Kier alpha value is -0.263. The molecule has 0 radical (unpaired) electrons. The van der Waals surface area contributed by atoms with Gasteiger partial charge >= 0.3 is 0 Å². The zero-order chi connectivity index (χ0) is 10.3. The summed E-state index contributed by atoms with van der Waals surface area (Å²) in [5.74, 6) is 3.35. The third-order valence-electron chi connectivity index (χ3n) is 2.12. The predicted molar refractivity (Wildman–Crippen MR) is 61.3 cm³/mol. The van der Waals surface area contributed by atoms with E-state index in [4.69, 9.17) is 0 Å². The van der Waals surface area contributed by atoms with E-state index >= 15 is 0 Å². The normalized spacial score (nSPS) is 27.8. The van der Waals surface area contributed by atoms with Gasteiger partial charge in [0.1, 0.15) is 8.07 Å². The molecule has 2 heteroatoms. The van der Waals surface area contributed by atoms with Crippen molar-refractivity contribution in [1.82, 2.24) is 5.32 Å². The molecule has 13 heavy (non-hydrogen) atoms. The van der Waals surface area contributed by atoms with E-state index in [1.807, 2.05) is 0 Å². The first-order valence-corrected chi connectivity index (χ1v) is 8.49. The van der Waals surface area contributed by atoms with Gasteiger partial charge in [0.2, 0.25) is 0 Å². The third-order valence-corrected chi connectivity index (χ3v) is 3.01. The molecule has 74 valence electrons. The smallest absolute Gasteiger partial charge is 0.129 e. The minimum atomic E-state index is -1.17. The molecular formula is C11H21NSi. The van der Waals surface area contributed by atoms with E-state index in [0.29, 0.717) is 17.5 Å². The Morgan fingerprint density at radius 3 is 2.00 bits per heavy atom. The van der Waals surface area contributed by atoms with Gasteiger partial charge in [-0.3, -0.25) is 5.32 Å². The molecule has 1 fully saturated rings. The topological polar surface area (TPSA) is 21.9 Å². The lowest BCUT2D eigenvalue weighted by molar-refractivity contribution is 0.399. The first kappa shape index (κ1) is 10.8. The SMILES string of the molecule is CC(C)(C)[C@H]1N[C@@H]1C#C[Si](C)(C)C. The summed E-state index contributed by atoms with van der Waals surface area (Å²) in [5, 5.41) is 3.43. The van der Waals surface area contributed by atoms with Crippen molar-refractivity contribution in [1.29, 1.82) is 0 Å². The van der Waals surface area contributed by atoms with Crippen molar-refractivity contribution in [2.45, 2.75) is 52.5 Å². The number of rotatable bonds is 0. The lowest BCUT2D eigenvalue weighted by atomic mass is 9.90. The summed E-state index contributed by atoms with van der Waals surface area (Å²) in [6.45, 7) is 13.7. The molecule has 0 aromatic heterocycles. The van der Waals surface area contributed by atoms with Crippen LogP contribution >= 0.6 is 0 Å². The molecule has 2 atom stereocenters. The lowest BCUT2D eigenvalue weighted by Gasteiger charge is -2.15. The Labute approximate surface area is 83.3 Å². The highest BCUT2D eigenvalue weighted by Crippen LogP contribution is 2.30. The van der Waals surface area contributed by atoms with Crippen LogP contribution in [0.5, 0.6) is 0 Å². The average molecular weight is 195 g/mol. The van der Waals surface area contributed by atoms with Gasteiger partial charge in [-0.25, -0.2) is 0 Å². The summed E-state index contributed by atoms with van der Waals surface area (Å²) in [7, 11) is -1.17. The van der Waals surface area contributed by atoms with Gasteiger partial charge in [0, 0.05) is 6.04 Å². The molecule has 0 spiro atoms. The van der Waals surface area contributed by atoms with E-state index < -0.39 is 8.07 Å². The minimum absolute atomic E-state index is 0.360. The Morgan fingerprint density at radius 1 is 1.15 bits per heavy atom. The van der Waals surface area contributed by atoms with E-state index in [0.717, 1.165) is 0 Å². The Balaban J connectivity index is 2.48. The molecule has 1 rings (SSSR count). The van der Waals surface area contributed by atoms with Crippen LogP contribution in [0.2, 0.25) is 19.6 Å². The molecule has 0 bridgehead atoms. The summed E-state index contributed by atoms with van der Waals surface area (Å²) in [6, 6.07) is 1.07. The third kappa shape index (κ3) is 3.54. The first-order valence-electron chi connectivity index (χ1n) is 4.99. The average Bonchev–Trinajstić information content (AvgIpc) is 2.57. The van der Waals surface area contributed by atoms with E-state index in [-0.39, 0.29) is 0 Å². The number of hydrogen-bond donors (Lipinski definition) is 1. The van der Waals surface area contributed by atoms with Crippen molar-refractivity contribution in [2.75, 3.05) is 0 Å². The highest BCUT2D eigenvalue weighted by molar-refractivity contribution is 6.83. The zero-order valence-corrected chi connectivity index (χ0v) is 10.7. The van der Waals surface area contributed by atoms with Gasteiger partial charge in [-0.15, -0.1) is 5.54 Å². The van der Waals surface area contributed by atoms with Gasteiger partial charge in [0.15, 0.2) is 0 Å². The number of nitrogens with one attached hydrogen (secondary N) is 1. The molecule has 1 heterocycles. The maximum absolute atomic E-state index is 3.43. The van der Waals surface area contributed by atoms with Crippen molar-refractivity contribution in [3.05, 3.63) is 0 Å². The predicted octanol–water partition coefficient (Wildman–Crippen LogP) is 2.25. The van der Waals surface area contributed by atoms with Gasteiger partial charge < -0.3 is 0 Å². The monoisotopic (exact) mass is 195 g/mol. The fourth-order valence-corrected chi connectivity index (χ4v) is 1.90. The van der Waals surface area contributed by atoms with Crippen LogP contribution in [0.3, 0.4) is 0 Å². The van der Waals surface area contributed by atoms with E-state index in [2.05, 4.69) is 57.2 Å². The van der Waals surface area contributed by atoms with Crippen LogP contribution in [0.15, 0.2) is 0 Å². The van der Waals surface area contributed by atoms with E-state index in [1.54, 1.807) is 0 Å². The van der Waals surface area contributed by atoms with Crippen LogP contribution in [0.4, 0.5) is 0 Å². The summed E-state index contributed by atoms with van der Waals surface area (Å²) in [5.41, 5.74) is 3.77. The molecule has 1 nitrogen and oxygen atoms in total. The van der Waals surface area contributed by atoms with Gasteiger partial charge in [-0.05, 0) is 5.41 Å². The van der Waals surface area contributed by atoms with Gasteiger partial charge in [0.05, 0.1) is 6.04 Å². The molecule has 1 N–H and O–H groups in total. The largest absolute Gasteiger partial charge is 0.297 e. The van der Waals surface area contributed by atoms with Gasteiger partial charge in [0.25, 0.3) is 0 Å². The van der Waals surface area contributed by atoms with Crippen LogP contribution in [-0.4, -0.2) is 20.2 Å². The Bertz CT molecular complexity index is 246. The van der Waals surface area contributed by atoms with Crippen LogP contribution in [0.25, 0.3) is 0 Å². The zero-order valence-electron chi connectivity index (χ0n) is 9.65. The Kier molecular flexibility index (Phi) is 2.62. The molecule has 0 unspecified atom stereocenters. The Morgan fingerprint density at radius 2 is 1.69 bits per heavy atom. The molecule has 0 amide bonds.